The largest absolute Gasteiger partial charge is 0.0959 e. The van der Waals surface area contributed by atoms with Crippen molar-refractivity contribution in [1.29, 1.82) is 0 Å². The highest BCUT2D eigenvalue weighted by atomic mass is 13.9. The minimum atomic E-state index is 0.884. The summed E-state index contributed by atoms with van der Waals surface area (Å²) >= 11 is 0. The molecule has 0 rings (SSSR count). The molecule has 0 unspecified atom stereocenters. The van der Waals surface area contributed by atoms with Gasteiger partial charge in [0.2, 0.25) is 0 Å². The van der Waals surface area contributed by atoms with Gasteiger partial charge in [-0.3, -0.25) is 0 Å². The van der Waals surface area contributed by atoms with E-state index in [0.29, 0.717) is 0 Å². The number of hydrogen-bond donors (Lipinski definition) is 0. The maximum absolute atomic E-state index is 3.66. The molecule has 0 spiro atoms. The molecule has 0 N–H and O–H groups in total. The van der Waals surface area contributed by atoms with Gasteiger partial charge >= 0.3 is 0 Å². The van der Waals surface area contributed by atoms with Crippen LogP contribution in [0.4, 0.5) is 0 Å². The maximum Gasteiger partial charge on any atom is -0.0401 e. The van der Waals surface area contributed by atoms with E-state index in [9.17, 15) is 0 Å². The SMILES string of the molecule is C=C(C)C(=C)C.CC.CCC(C)C. The smallest absolute Gasteiger partial charge is 0.0401 e. The molecule has 0 heteroatoms. The van der Waals surface area contributed by atoms with Crippen molar-refractivity contribution < 1.29 is 0 Å². The second-order valence-electron chi connectivity index (χ2n) is 3.36. The van der Waals surface area contributed by atoms with E-state index in [1.54, 1.807) is 0 Å². The van der Waals surface area contributed by atoms with Crippen molar-refractivity contribution in [2.24, 2.45) is 5.92 Å². The zero-order chi connectivity index (χ0) is 11.4. The summed E-state index contributed by atoms with van der Waals surface area (Å²) in [7, 11) is 0. The van der Waals surface area contributed by atoms with Crippen LogP contribution in [-0.4, -0.2) is 0 Å². The normalized spacial score (nSPS) is 7.69. The Morgan fingerprint density at radius 2 is 1.15 bits per heavy atom. The summed E-state index contributed by atoms with van der Waals surface area (Å²) in [5.74, 6) is 0.884. The van der Waals surface area contributed by atoms with Gasteiger partial charge in [0.25, 0.3) is 0 Å². The molecular formula is C13H28. The summed E-state index contributed by atoms with van der Waals surface area (Å²) in [6.45, 7) is 21.8. The molecule has 0 atom stereocenters. The topological polar surface area (TPSA) is 0 Å². The Bertz CT molecular complexity index is 106. The minimum absolute atomic E-state index is 0.884. The number of allylic oxidation sites excluding steroid dienone is 2. The predicted molar refractivity (Wildman–Crippen MR) is 66.1 cm³/mol. The van der Waals surface area contributed by atoms with E-state index in [4.69, 9.17) is 0 Å². The maximum atomic E-state index is 3.66. The Balaban J connectivity index is -0.000000131. The first-order chi connectivity index (χ1) is 5.91. The van der Waals surface area contributed by atoms with Crippen LogP contribution >= 0.6 is 0 Å². The zero-order valence-corrected chi connectivity index (χ0v) is 10.7. The zero-order valence-electron chi connectivity index (χ0n) is 10.7. The molecule has 0 nitrogen and oxygen atoms in total. The summed E-state index contributed by atoms with van der Waals surface area (Å²) in [6, 6.07) is 0. The quantitative estimate of drug-likeness (QED) is 0.516. The lowest BCUT2D eigenvalue weighted by Crippen LogP contribution is -1.77. The fourth-order valence-corrected chi connectivity index (χ4v) is 0. The average molecular weight is 184 g/mol. The Morgan fingerprint density at radius 1 is 1.00 bits per heavy atom. The van der Waals surface area contributed by atoms with Gasteiger partial charge in [0.1, 0.15) is 0 Å². The molecule has 0 bridgehead atoms. The van der Waals surface area contributed by atoms with Crippen molar-refractivity contribution in [2.75, 3.05) is 0 Å². The standard InChI is InChI=1S/C6H10.C5H12.C2H6/c1-5(2)6(3)4;1-4-5(2)3;1-2/h1,3H2,2,4H3;5H,4H2,1-3H3;1-2H3. The van der Waals surface area contributed by atoms with Crippen LogP contribution in [0.1, 0.15) is 54.9 Å². The van der Waals surface area contributed by atoms with Crippen LogP contribution in [0.2, 0.25) is 0 Å². The molecule has 13 heavy (non-hydrogen) atoms. The number of rotatable bonds is 2. The third-order valence-electron chi connectivity index (χ3n) is 1.55. The predicted octanol–water partition coefficient (Wildman–Crippen LogP) is 5.22. The van der Waals surface area contributed by atoms with Crippen molar-refractivity contribution in [1.82, 2.24) is 0 Å². The monoisotopic (exact) mass is 184 g/mol. The van der Waals surface area contributed by atoms with Crippen molar-refractivity contribution in [3.8, 4) is 0 Å². The first-order valence-electron chi connectivity index (χ1n) is 5.23. The van der Waals surface area contributed by atoms with Gasteiger partial charge in [0.05, 0.1) is 0 Å². The van der Waals surface area contributed by atoms with E-state index in [0.717, 1.165) is 17.1 Å². The third-order valence-corrected chi connectivity index (χ3v) is 1.55. The fourth-order valence-electron chi connectivity index (χ4n) is 0. The molecule has 0 aliphatic heterocycles. The summed E-state index contributed by atoms with van der Waals surface area (Å²) in [5, 5.41) is 0. The van der Waals surface area contributed by atoms with Gasteiger partial charge < -0.3 is 0 Å². The van der Waals surface area contributed by atoms with Crippen LogP contribution in [-0.2, 0) is 0 Å². The lowest BCUT2D eigenvalue weighted by Gasteiger charge is -1.90. The second-order valence-corrected chi connectivity index (χ2v) is 3.36. The van der Waals surface area contributed by atoms with Crippen LogP contribution in [0.25, 0.3) is 0 Å². The molecule has 0 saturated carbocycles. The van der Waals surface area contributed by atoms with Crippen molar-refractivity contribution in [3.63, 3.8) is 0 Å². The first kappa shape index (κ1) is 18.3. The van der Waals surface area contributed by atoms with Gasteiger partial charge in [-0.05, 0) is 19.8 Å². The van der Waals surface area contributed by atoms with E-state index in [2.05, 4.69) is 33.9 Å². The van der Waals surface area contributed by atoms with E-state index in [1.807, 2.05) is 27.7 Å². The van der Waals surface area contributed by atoms with Gasteiger partial charge in [-0.25, -0.2) is 0 Å². The van der Waals surface area contributed by atoms with Crippen molar-refractivity contribution >= 4 is 0 Å². The summed E-state index contributed by atoms with van der Waals surface area (Å²) in [4.78, 5) is 0. The summed E-state index contributed by atoms with van der Waals surface area (Å²) in [5.41, 5.74) is 2.13. The summed E-state index contributed by atoms with van der Waals surface area (Å²) in [6.07, 6.45) is 1.31. The van der Waals surface area contributed by atoms with Crippen LogP contribution in [0.5, 0.6) is 0 Å². The third kappa shape index (κ3) is 34.4. The Labute approximate surface area is 85.8 Å². The van der Waals surface area contributed by atoms with Crippen LogP contribution in [0.3, 0.4) is 0 Å². The lowest BCUT2D eigenvalue weighted by molar-refractivity contribution is 0.626. The van der Waals surface area contributed by atoms with Crippen LogP contribution in [0.15, 0.2) is 24.3 Å². The van der Waals surface area contributed by atoms with E-state index < -0.39 is 0 Å². The number of hydrogen-bond acceptors (Lipinski definition) is 0. The molecule has 0 amide bonds. The second kappa shape index (κ2) is 14.0. The van der Waals surface area contributed by atoms with Gasteiger partial charge in [-0.1, -0.05) is 65.3 Å². The van der Waals surface area contributed by atoms with E-state index in [1.165, 1.54) is 6.42 Å². The van der Waals surface area contributed by atoms with Crippen molar-refractivity contribution in [2.45, 2.75) is 54.9 Å². The van der Waals surface area contributed by atoms with Crippen molar-refractivity contribution in [3.05, 3.63) is 24.3 Å². The molecule has 0 aromatic carbocycles. The molecule has 0 radical (unpaired) electrons. The molecule has 0 aromatic heterocycles. The minimum Gasteiger partial charge on any atom is -0.0959 e. The summed E-state index contributed by atoms with van der Waals surface area (Å²) < 4.78 is 0. The Kier molecular flexibility index (Phi) is 19.8. The molecule has 0 aromatic rings. The highest BCUT2D eigenvalue weighted by Crippen LogP contribution is 1.98. The Morgan fingerprint density at radius 3 is 1.15 bits per heavy atom. The van der Waals surface area contributed by atoms with Gasteiger partial charge in [-0.2, -0.15) is 0 Å². The fraction of sp³-hybridized carbons (Fsp3) is 0.692. The van der Waals surface area contributed by atoms with Gasteiger partial charge in [0.15, 0.2) is 0 Å². The van der Waals surface area contributed by atoms with Crippen LogP contribution < -0.4 is 0 Å². The molecule has 0 fully saturated rings. The molecule has 0 saturated heterocycles. The molecular weight excluding hydrogens is 156 g/mol. The molecule has 80 valence electrons. The van der Waals surface area contributed by atoms with Crippen LogP contribution in [0, 0.1) is 5.92 Å². The van der Waals surface area contributed by atoms with E-state index >= 15 is 0 Å². The van der Waals surface area contributed by atoms with Gasteiger partial charge in [-0.15, -0.1) is 0 Å². The van der Waals surface area contributed by atoms with Gasteiger partial charge in [0, 0.05) is 0 Å². The highest BCUT2D eigenvalue weighted by Gasteiger charge is 1.80. The molecule has 0 aliphatic carbocycles. The Hall–Kier alpha value is -0.520. The first-order valence-corrected chi connectivity index (χ1v) is 5.23. The highest BCUT2D eigenvalue weighted by molar-refractivity contribution is 5.19. The molecule has 0 aliphatic rings. The lowest BCUT2D eigenvalue weighted by atomic mass is 10.2. The average Bonchev–Trinajstić information content (AvgIpc) is 2.09. The van der Waals surface area contributed by atoms with E-state index in [-0.39, 0.29) is 0 Å². The molecule has 0 heterocycles.